The quantitative estimate of drug-likeness (QED) is 0.844. The van der Waals surface area contributed by atoms with Gasteiger partial charge in [-0.05, 0) is 42.2 Å². The van der Waals surface area contributed by atoms with E-state index in [1.165, 1.54) is 4.31 Å². The third-order valence-corrected chi connectivity index (χ3v) is 4.86. The monoisotopic (exact) mass is 316 g/mol. The van der Waals surface area contributed by atoms with Crippen LogP contribution in [0.2, 0.25) is 0 Å². The smallest absolute Gasteiger partial charge is 0.248 e. The highest BCUT2D eigenvalue weighted by Gasteiger charge is 2.31. The number of hydrogen-bond donors (Lipinski definition) is 2. The average molecular weight is 316 g/mol. The Hall–Kier alpha value is -2.34. The van der Waals surface area contributed by atoms with Crippen LogP contribution in [0.5, 0.6) is 0 Å². The molecule has 2 aromatic rings. The minimum Gasteiger partial charge on any atom is -0.366 e. The summed E-state index contributed by atoms with van der Waals surface area (Å²) in [5, 5.41) is 0. The van der Waals surface area contributed by atoms with Crippen LogP contribution in [0.3, 0.4) is 0 Å². The van der Waals surface area contributed by atoms with E-state index < -0.39 is 16.8 Å². The predicted octanol–water partition coefficient (Wildman–Crippen LogP) is 1.81. The molecule has 0 spiro atoms. The number of hydrogen-bond acceptors (Lipinski definition) is 3. The van der Waals surface area contributed by atoms with Gasteiger partial charge in [-0.3, -0.25) is 9.10 Å². The van der Waals surface area contributed by atoms with Crippen molar-refractivity contribution in [1.82, 2.24) is 0 Å². The number of primary amides is 1. The molecular formula is C16H16N2O3S. The lowest BCUT2D eigenvalue weighted by molar-refractivity contribution is 0.0999. The van der Waals surface area contributed by atoms with E-state index in [9.17, 15) is 13.2 Å². The first kappa shape index (κ1) is 14.6. The molecule has 114 valence electrons. The topological polar surface area (TPSA) is 80.5 Å². The zero-order valence-corrected chi connectivity index (χ0v) is 12.7. The summed E-state index contributed by atoms with van der Waals surface area (Å²) < 4.78 is 25.0. The van der Waals surface area contributed by atoms with Crippen LogP contribution in [0.1, 0.15) is 33.9 Å². The Balaban J connectivity index is 2.08. The van der Waals surface area contributed by atoms with Crippen LogP contribution in [-0.2, 0) is 17.3 Å². The van der Waals surface area contributed by atoms with Crippen LogP contribution in [-0.4, -0.2) is 14.3 Å². The molecule has 1 unspecified atom stereocenters. The van der Waals surface area contributed by atoms with Gasteiger partial charge in [-0.25, -0.2) is 8.42 Å². The van der Waals surface area contributed by atoms with Gasteiger partial charge in [0, 0.05) is 5.56 Å². The van der Waals surface area contributed by atoms with Gasteiger partial charge < -0.3 is 5.73 Å². The number of carbonyl (C=O) groups is 1. The summed E-state index contributed by atoms with van der Waals surface area (Å²) in [5.74, 6) is -0.477. The molecule has 22 heavy (non-hydrogen) atoms. The van der Waals surface area contributed by atoms with Crippen molar-refractivity contribution in [3.8, 4) is 0 Å². The molecule has 1 aliphatic carbocycles. The molecule has 0 saturated carbocycles. The molecule has 1 amide bonds. The van der Waals surface area contributed by atoms with Gasteiger partial charge in [-0.15, -0.1) is 0 Å². The van der Waals surface area contributed by atoms with Gasteiger partial charge in [0.2, 0.25) is 16.8 Å². The molecule has 6 heteroatoms. The maximum absolute atomic E-state index is 11.8. The van der Waals surface area contributed by atoms with E-state index in [1.54, 1.807) is 36.4 Å². The lowest BCUT2D eigenvalue weighted by Gasteiger charge is -2.25. The largest absolute Gasteiger partial charge is 0.366 e. The van der Waals surface area contributed by atoms with Crippen molar-refractivity contribution in [3.05, 3.63) is 65.2 Å². The van der Waals surface area contributed by atoms with Crippen molar-refractivity contribution in [2.75, 3.05) is 4.31 Å². The van der Waals surface area contributed by atoms with E-state index in [0.717, 1.165) is 11.1 Å². The first-order chi connectivity index (χ1) is 10.6. The number of anilines is 1. The Bertz CT molecular complexity index is 779. The Morgan fingerprint density at radius 3 is 2.45 bits per heavy atom. The zero-order chi connectivity index (χ0) is 15.7. The van der Waals surface area contributed by atoms with Crippen LogP contribution in [0.15, 0.2) is 48.5 Å². The van der Waals surface area contributed by atoms with Crippen molar-refractivity contribution in [1.29, 1.82) is 0 Å². The van der Waals surface area contributed by atoms with E-state index in [2.05, 4.69) is 0 Å². The van der Waals surface area contributed by atoms with E-state index in [0.29, 0.717) is 24.1 Å². The summed E-state index contributed by atoms with van der Waals surface area (Å²) in [4.78, 5) is 11.5. The Morgan fingerprint density at radius 2 is 1.82 bits per heavy atom. The molecular weight excluding hydrogens is 300 g/mol. The number of nitrogens with zero attached hydrogens (tertiary/aromatic N) is 1. The van der Waals surface area contributed by atoms with Gasteiger partial charge in [-0.1, -0.05) is 30.3 Å². The Morgan fingerprint density at radius 1 is 1.09 bits per heavy atom. The van der Waals surface area contributed by atoms with Crippen LogP contribution in [0.4, 0.5) is 5.69 Å². The zero-order valence-electron chi connectivity index (χ0n) is 11.8. The number of fused-ring (bicyclic) bond motifs is 1. The van der Waals surface area contributed by atoms with Gasteiger partial charge in [0.15, 0.2) is 0 Å². The Kier molecular flexibility index (Phi) is 3.85. The van der Waals surface area contributed by atoms with E-state index in [1.807, 2.05) is 12.1 Å². The number of nitrogens with two attached hydrogens (primary N) is 1. The molecule has 0 aromatic heterocycles. The highest BCUT2D eigenvalue weighted by Crippen LogP contribution is 2.39. The third-order valence-electron chi connectivity index (χ3n) is 4.00. The molecule has 0 aliphatic heterocycles. The standard InChI is InChI=1S/C16H16N2O3S/c17-16(19)14-8-4-7-13-12(14)9-10-15(13)18(22(20)21)11-5-2-1-3-6-11/h1-8,15,22H,9-10H2,(H2,17,19). The molecule has 5 nitrogen and oxygen atoms in total. The van der Waals surface area contributed by atoms with E-state index in [4.69, 9.17) is 5.73 Å². The minimum atomic E-state index is -2.78. The fourth-order valence-corrected chi connectivity index (χ4v) is 3.88. The summed E-state index contributed by atoms with van der Waals surface area (Å²) in [6, 6.07) is 14.0. The highest BCUT2D eigenvalue weighted by atomic mass is 32.2. The summed E-state index contributed by atoms with van der Waals surface area (Å²) in [5.41, 5.74) is 8.23. The minimum absolute atomic E-state index is 0.294. The summed E-state index contributed by atoms with van der Waals surface area (Å²) in [6.45, 7) is 0. The highest BCUT2D eigenvalue weighted by molar-refractivity contribution is 7.74. The SMILES string of the molecule is NC(=O)c1cccc2c1CCC2N(c1ccccc1)[SH](=O)=O. The second-order valence-corrected chi connectivity index (χ2v) is 6.12. The molecule has 0 bridgehead atoms. The fourth-order valence-electron chi connectivity index (χ4n) is 3.09. The molecule has 0 heterocycles. The fraction of sp³-hybridized carbons (Fsp3) is 0.188. The van der Waals surface area contributed by atoms with E-state index >= 15 is 0 Å². The maximum atomic E-state index is 11.8. The van der Waals surface area contributed by atoms with Crippen LogP contribution in [0, 0.1) is 0 Å². The van der Waals surface area contributed by atoms with Crippen LogP contribution < -0.4 is 10.0 Å². The van der Waals surface area contributed by atoms with Crippen molar-refractivity contribution in [3.63, 3.8) is 0 Å². The molecule has 0 fully saturated rings. The maximum Gasteiger partial charge on any atom is 0.248 e. The van der Waals surface area contributed by atoms with Gasteiger partial charge in [0.05, 0.1) is 11.7 Å². The number of rotatable bonds is 4. The molecule has 2 N–H and O–H groups in total. The predicted molar refractivity (Wildman–Crippen MR) is 85.3 cm³/mol. The van der Waals surface area contributed by atoms with Gasteiger partial charge in [-0.2, -0.15) is 0 Å². The summed E-state index contributed by atoms with van der Waals surface area (Å²) in [6.07, 6.45) is 1.28. The first-order valence-electron chi connectivity index (χ1n) is 6.99. The third kappa shape index (κ3) is 2.46. The van der Waals surface area contributed by atoms with E-state index in [-0.39, 0.29) is 6.04 Å². The molecule has 0 saturated heterocycles. The number of carbonyl (C=O) groups excluding carboxylic acids is 1. The summed E-state index contributed by atoms with van der Waals surface area (Å²) >= 11 is 0. The van der Waals surface area contributed by atoms with Gasteiger partial charge in [0.25, 0.3) is 0 Å². The number of para-hydroxylation sites is 1. The molecule has 1 aliphatic rings. The number of amides is 1. The van der Waals surface area contributed by atoms with Gasteiger partial charge in [0.1, 0.15) is 0 Å². The Labute approximate surface area is 130 Å². The molecule has 3 rings (SSSR count). The molecule has 2 aromatic carbocycles. The number of thiol groups is 1. The second kappa shape index (κ2) is 5.81. The van der Waals surface area contributed by atoms with Gasteiger partial charge >= 0.3 is 0 Å². The summed E-state index contributed by atoms with van der Waals surface area (Å²) in [7, 11) is -2.78. The van der Waals surface area contributed by atoms with Crippen LogP contribution >= 0.6 is 0 Å². The second-order valence-electron chi connectivity index (χ2n) is 5.21. The van der Waals surface area contributed by atoms with Crippen molar-refractivity contribution in [2.45, 2.75) is 18.9 Å². The lowest BCUT2D eigenvalue weighted by Crippen LogP contribution is -2.25. The van der Waals surface area contributed by atoms with Crippen molar-refractivity contribution >= 4 is 22.5 Å². The molecule has 0 radical (unpaired) electrons. The first-order valence-corrected chi connectivity index (χ1v) is 8.13. The van der Waals surface area contributed by atoms with Crippen molar-refractivity contribution in [2.24, 2.45) is 5.73 Å². The lowest BCUT2D eigenvalue weighted by atomic mass is 10.0. The molecule has 1 atom stereocenters. The number of benzene rings is 2. The average Bonchev–Trinajstić information content (AvgIpc) is 2.92. The normalized spacial score (nSPS) is 16.5. The van der Waals surface area contributed by atoms with Crippen LogP contribution in [0.25, 0.3) is 0 Å². The van der Waals surface area contributed by atoms with Crippen molar-refractivity contribution < 1.29 is 13.2 Å².